The van der Waals surface area contributed by atoms with Crippen molar-refractivity contribution >= 4 is 5.69 Å². The number of rotatable bonds is 7. The van der Waals surface area contributed by atoms with Crippen LogP contribution in [0.3, 0.4) is 0 Å². The summed E-state index contributed by atoms with van der Waals surface area (Å²) in [6.07, 6.45) is 5.00. The van der Waals surface area contributed by atoms with Crippen LogP contribution in [0.15, 0.2) is 36.7 Å². The van der Waals surface area contributed by atoms with Crippen molar-refractivity contribution in [2.24, 2.45) is 0 Å². The summed E-state index contributed by atoms with van der Waals surface area (Å²) < 4.78 is 7.21. The highest BCUT2D eigenvalue weighted by Gasteiger charge is 2.00. The first kappa shape index (κ1) is 13.9. The average molecular weight is 270 g/mol. The summed E-state index contributed by atoms with van der Waals surface area (Å²) in [5, 5.41) is 16.1. The molecule has 2 aromatic rings. The summed E-state index contributed by atoms with van der Waals surface area (Å²) in [5.41, 5.74) is 2.10. The van der Waals surface area contributed by atoms with Gasteiger partial charge >= 0.3 is 0 Å². The Morgan fingerprint density at radius 3 is 3.15 bits per heavy atom. The van der Waals surface area contributed by atoms with Crippen LogP contribution in [0.5, 0.6) is 5.75 Å². The topological polar surface area (TPSA) is 62.9 Å². The standard InChI is InChI=1S/C15H18N4O/c1-2-7-19-12-13(11-18-19)10-17-14-4-3-5-15(9-14)20-8-6-16/h3-5,9,11-12,17H,2,7-8,10H2,1H3. The van der Waals surface area contributed by atoms with E-state index in [1.807, 2.05) is 47.4 Å². The molecule has 0 amide bonds. The number of hydrogen-bond acceptors (Lipinski definition) is 4. The third-order valence-corrected chi connectivity index (χ3v) is 2.77. The van der Waals surface area contributed by atoms with Crippen LogP contribution in [-0.4, -0.2) is 16.4 Å². The molecular weight excluding hydrogens is 252 g/mol. The molecule has 0 aliphatic carbocycles. The summed E-state index contributed by atoms with van der Waals surface area (Å²) in [6.45, 7) is 3.85. The first-order valence-corrected chi connectivity index (χ1v) is 6.67. The molecule has 0 atom stereocenters. The fraction of sp³-hybridized carbons (Fsp3) is 0.333. The smallest absolute Gasteiger partial charge is 0.174 e. The largest absolute Gasteiger partial charge is 0.479 e. The predicted octanol–water partition coefficient (Wildman–Crippen LogP) is 2.81. The molecule has 2 rings (SSSR count). The summed E-state index contributed by atoms with van der Waals surface area (Å²) in [6, 6.07) is 9.54. The summed E-state index contributed by atoms with van der Waals surface area (Å²) in [5.74, 6) is 0.693. The van der Waals surface area contributed by atoms with E-state index in [1.165, 1.54) is 0 Å². The van der Waals surface area contributed by atoms with Crippen LogP contribution in [0, 0.1) is 11.3 Å². The third kappa shape index (κ3) is 4.02. The number of ether oxygens (including phenoxy) is 1. The van der Waals surface area contributed by atoms with Gasteiger partial charge in [-0.05, 0) is 18.6 Å². The molecular formula is C15H18N4O. The minimum atomic E-state index is 0.0627. The van der Waals surface area contributed by atoms with Crippen molar-refractivity contribution in [1.82, 2.24) is 9.78 Å². The van der Waals surface area contributed by atoms with Gasteiger partial charge in [-0.2, -0.15) is 10.4 Å². The number of nitrogens with zero attached hydrogens (tertiary/aromatic N) is 3. The molecule has 0 saturated carbocycles. The molecule has 5 nitrogen and oxygen atoms in total. The van der Waals surface area contributed by atoms with Gasteiger partial charge in [-0.3, -0.25) is 4.68 Å². The van der Waals surface area contributed by atoms with E-state index in [0.717, 1.165) is 24.2 Å². The fourth-order valence-corrected chi connectivity index (χ4v) is 1.86. The molecule has 0 aliphatic rings. The Kier molecular flexibility index (Phi) is 5.01. The Labute approximate surface area is 118 Å². The molecule has 0 aliphatic heterocycles. The highest BCUT2D eigenvalue weighted by atomic mass is 16.5. The summed E-state index contributed by atoms with van der Waals surface area (Å²) in [7, 11) is 0. The van der Waals surface area contributed by atoms with Crippen LogP contribution in [-0.2, 0) is 13.1 Å². The van der Waals surface area contributed by atoms with E-state index in [-0.39, 0.29) is 6.61 Å². The van der Waals surface area contributed by atoms with Gasteiger partial charge in [0.25, 0.3) is 0 Å². The molecule has 1 N–H and O–H groups in total. The van der Waals surface area contributed by atoms with Crippen LogP contribution in [0.1, 0.15) is 18.9 Å². The zero-order valence-electron chi connectivity index (χ0n) is 11.5. The molecule has 1 aromatic heterocycles. The highest BCUT2D eigenvalue weighted by molar-refractivity contribution is 5.48. The van der Waals surface area contributed by atoms with Crippen molar-refractivity contribution in [2.45, 2.75) is 26.4 Å². The van der Waals surface area contributed by atoms with E-state index >= 15 is 0 Å². The molecule has 0 bridgehead atoms. The predicted molar refractivity (Wildman–Crippen MR) is 77.4 cm³/mol. The second-order valence-electron chi connectivity index (χ2n) is 4.44. The van der Waals surface area contributed by atoms with Crippen LogP contribution < -0.4 is 10.1 Å². The van der Waals surface area contributed by atoms with Crippen molar-refractivity contribution in [1.29, 1.82) is 5.26 Å². The molecule has 0 unspecified atom stereocenters. The number of nitrogens with one attached hydrogen (secondary N) is 1. The van der Waals surface area contributed by atoms with Crippen molar-refractivity contribution in [2.75, 3.05) is 11.9 Å². The number of hydrogen-bond donors (Lipinski definition) is 1. The van der Waals surface area contributed by atoms with Gasteiger partial charge in [0.05, 0.1) is 6.20 Å². The number of nitriles is 1. The lowest BCUT2D eigenvalue weighted by atomic mass is 10.3. The quantitative estimate of drug-likeness (QED) is 0.840. The van der Waals surface area contributed by atoms with Crippen LogP contribution in [0.25, 0.3) is 0 Å². The molecule has 0 saturated heterocycles. The van der Waals surface area contributed by atoms with Crippen molar-refractivity contribution in [3.63, 3.8) is 0 Å². The Bertz CT molecular complexity index is 586. The maximum Gasteiger partial charge on any atom is 0.174 e. The minimum Gasteiger partial charge on any atom is -0.479 e. The normalized spacial score (nSPS) is 10.0. The van der Waals surface area contributed by atoms with Crippen molar-refractivity contribution in [3.05, 3.63) is 42.2 Å². The molecule has 1 heterocycles. The van der Waals surface area contributed by atoms with Gasteiger partial charge in [0.1, 0.15) is 11.8 Å². The van der Waals surface area contributed by atoms with Gasteiger partial charge < -0.3 is 10.1 Å². The van der Waals surface area contributed by atoms with Gasteiger partial charge in [-0.25, -0.2) is 0 Å². The lowest BCUT2D eigenvalue weighted by Crippen LogP contribution is -2.00. The number of benzene rings is 1. The molecule has 0 radical (unpaired) electrons. The summed E-state index contributed by atoms with van der Waals surface area (Å²) in [4.78, 5) is 0. The Morgan fingerprint density at radius 2 is 2.35 bits per heavy atom. The molecule has 0 fully saturated rings. The Morgan fingerprint density at radius 1 is 1.45 bits per heavy atom. The number of aromatic nitrogens is 2. The van der Waals surface area contributed by atoms with E-state index in [2.05, 4.69) is 17.3 Å². The SMILES string of the molecule is CCCn1cc(CNc2cccc(OCC#N)c2)cn1. The summed E-state index contributed by atoms with van der Waals surface area (Å²) >= 11 is 0. The minimum absolute atomic E-state index is 0.0627. The van der Waals surface area contributed by atoms with Crippen LogP contribution >= 0.6 is 0 Å². The Hall–Kier alpha value is -2.48. The van der Waals surface area contributed by atoms with E-state index in [9.17, 15) is 0 Å². The maximum atomic E-state index is 8.50. The lowest BCUT2D eigenvalue weighted by molar-refractivity contribution is 0.368. The molecule has 104 valence electrons. The highest BCUT2D eigenvalue weighted by Crippen LogP contribution is 2.17. The van der Waals surface area contributed by atoms with Crippen LogP contribution in [0.2, 0.25) is 0 Å². The maximum absolute atomic E-state index is 8.50. The molecule has 1 aromatic carbocycles. The second kappa shape index (κ2) is 7.19. The van der Waals surface area contributed by atoms with E-state index in [4.69, 9.17) is 10.00 Å². The monoisotopic (exact) mass is 270 g/mol. The van der Waals surface area contributed by atoms with Gasteiger partial charge in [0.2, 0.25) is 0 Å². The molecule has 20 heavy (non-hydrogen) atoms. The Balaban J connectivity index is 1.91. The van der Waals surface area contributed by atoms with Gasteiger partial charge in [0, 0.05) is 36.6 Å². The third-order valence-electron chi connectivity index (χ3n) is 2.77. The van der Waals surface area contributed by atoms with Crippen molar-refractivity contribution in [3.8, 4) is 11.8 Å². The number of aryl methyl sites for hydroxylation is 1. The van der Waals surface area contributed by atoms with Gasteiger partial charge in [-0.1, -0.05) is 13.0 Å². The van der Waals surface area contributed by atoms with Gasteiger partial charge in [-0.15, -0.1) is 0 Å². The zero-order valence-corrected chi connectivity index (χ0v) is 11.5. The van der Waals surface area contributed by atoms with Gasteiger partial charge in [0.15, 0.2) is 6.61 Å². The van der Waals surface area contributed by atoms with E-state index < -0.39 is 0 Å². The first-order valence-electron chi connectivity index (χ1n) is 6.67. The fourth-order valence-electron chi connectivity index (χ4n) is 1.86. The number of anilines is 1. The van der Waals surface area contributed by atoms with E-state index in [0.29, 0.717) is 12.3 Å². The van der Waals surface area contributed by atoms with Crippen molar-refractivity contribution < 1.29 is 4.74 Å². The second-order valence-corrected chi connectivity index (χ2v) is 4.44. The van der Waals surface area contributed by atoms with E-state index in [1.54, 1.807) is 0 Å². The molecule has 0 spiro atoms. The average Bonchev–Trinajstić information content (AvgIpc) is 2.92. The van der Waals surface area contributed by atoms with Crippen LogP contribution in [0.4, 0.5) is 5.69 Å². The molecule has 5 heteroatoms. The zero-order chi connectivity index (χ0) is 14.2. The first-order chi connectivity index (χ1) is 9.81. The lowest BCUT2D eigenvalue weighted by Gasteiger charge is -2.07.